The molecule has 0 spiro atoms. The summed E-state index contributed by atoms with van der Waals surface area (Å²) in [6.45, 7) is 14.6. The second kappa shape index (κ2) is 9.98. The zero-order valence-electron chi connectivity index (χ0n) is 24.6. The Labute approximate surface area is 241 Å². The summed E-state index contributed by atoms with van der Waals surface area (Å²) in [4.78, 5) is 27.4. The number of ether oxygens (including phenoxy) is 1. The molecule has 0 aromatic carbocycles. The minimum Gasteiger partial charge on any atom is -0.511 e. The molecule has 1 fully saturated rings. The number of rotatable bonds is 5. The van der Waals surface area contributed by atoms with Gasteiger partial charge in [0.1, 0.15) is 5.76 Å². The summed E-state index contributed by atoms with van der Waals surface area (Å²) in [5.74, 6) is 0.223. The number of methoxy groups -OCH3 is 1. The van der Waals surface area contributed by atoms with E-state index in [4.69, 9.17) is 19.7 Å². The molecule has 210 valence electrons. The summed E-state index contributed by atoms with van der Waals surface area (Å²) in [5, 5.41) is 14.9. The predicted octanol–water partition coefficient (Wildman–Crippen LogP) is 6.80. The Morgan fingerprint density at radius 1 is 1.10 bits per heavy atom. The van der Waals surface area contributed by atoms with E-state index in [2.05, 4.69) is 51.7 Å². The molecule has 7 nitrogen and oxygen atoms in total. The molecule has 1 aliphatic carbocycles. The van der Waals surface area contributed by atoms with Crippen molar-refractivity contribution in [2.24, 2.45) is 26.8 Å². The third-order valence-electron chi connectivity index (χ3n) is 9.19. The molecule has 8 bridgehead atoms. The van der Waals surface area contributed by atoms with Crippen LogP contribution in [0.2, 0.25) is 0 Å². The maximum atomic E-state index is 12.2. The third-order valence-corrected chi connectivity index (χ3v) is 9.19. The molecule has 41 heavy (non-hydrogen) atoms. The van der Waals surface area contributed by atoms with Gasteiger partial charge in [0.2, 0.25) is 0 Å². The molecule has 0 aromatic heterocycles. The lowest BCUT2D eigenvalue weighted by Crippen LogP contribution is -2.16. The highest BCUT2D eigenvalue weighted by Crippen LogP contribution is 2.46. The van der Waals surface area contributed by atoms with E-state index < -0.39 is 0 Å². The number of aliphatic hydroxyl groups excluding tert-OH is 1. The number of carbonyl (C=O) groups excluding carboxylic acids is 1. The zero-order valence-corrected chi connectivity index (χ0v) is 24.6. The van der Waals surface area contributed by atoms with E-state index in [1.165, 1.54) is 12.7 Å². The van der Waals surface area contributed by atoms with Crippen LogP contribution in [0, 0.1) is 11.8 Å². The molecule has 6 aliphatic rings. The lowest BCUT2D eigenvalue weighted by molar-refractivity contribution is -0.140. The van der Waals surface area contributed by atoms with Gasteiger partial charge in [0.25, 0.3) is 0 Å². The summed E-state index contributed by atoms with van der Waals surface area (Å²) >= 11 is 0. The van der Waals surface area contributed by atoms with Gasteiger partial charge < -0.3 is 15.2 Å². The number of nitrogens with one attached hydrogen (secondary N) is 1. The first-order valence-corrected chi connectivity index (χ1v) is 14.3. The molecule has 5 aliphatic heterocycles. The van der Waals surface area contributed by atoms with Crippen LogP contribution in [0.3, 0.4) is 0 Å². The van der Waals surface area contributed by atoms with E-state index in [0.717, 1.165) is 85.5 Å². The number of allylic oxidation sites excluding steroid dienone is 12. The van der Waals surface area contributed by atoms with Crippen LogP contribution in [-0.2, 0) is 9.53 Å². The number of aliphatic imine (C=N–C) groups is 3. The van der Waals surface area contributed by atoms with Crippen molar-refractivity contribution in [1.29, 1.82) is 0 Å². The molecule has 0 aromatic rings. The standard InChI is InChI=1S/C34H36N4O3/c1-8-20-16(3)24-13-26-18(5)22(10-11-31(40)41-7)33(37-26)23-12-30(39)32-19(6)27(38-34(23)32)15-29-21(9-2)17(4)25(36-29)14-28(20)35-24/h8,13-15,18,22,37,39H,1,9-12H2,2-7H3/t18-,22+/m1/s1. The number of hydrogen-bond acceptors (Lipinski definition) is 7. The van der Waals surface area contributed by atoms with E-state index in [0.29, 0.717) is 25.0 Å². The lowest BCUT2D eigenvalue weighted by Gasteiger charge is -2.17. The van der Waals surface area contributed by atoms with Gasteiger partial charge in [-0.1, -0.05) is 26.5 Å². The SMILES string of the molecule is C=CC1=C(C)C2=NC1=CC1=NC(=CC3=C(C)C4=C(O)CC(=C5NC(=C2)[C@H](C)[C@@H]5CCC(=O)OC)C4=N3)C(CC)=C1C. The van der Waals surface area contributed by atoms with Gasteiger partial charge in [0.15, 0.2) is 0 Å². The average molecular weight is 549 g/mol. The minimum absolute atomic E-state index is 0.0302. The van der Waals surface area contributed by atoms with Crippen molar-refractivity contribution in [3.63, 3.8) is 0 Å². The molecule has 5 heterocycles. The first kappa shape index (κ1) is 26.9. The number of esters is 1. The first-order chi connectivity index (χ1) is 19.7. The van der Waals surface area contributed by atoms with Crippen LogP contribution in [0.1, 0.15) is 60.3 Å². The third kappa shape index (κ3) is 4.17. The lowest BCUT2D eigenvalue weighted by atomic mass is 9.86. The van der Waals surface area contributed by atoms with Crippen molar-refractivity contribution in [2.75, 3.05) is 7.11 Å². The number of aliphatic hydroxyl groups is 1. The molecule has 0 saturated carbocycles. The summed E-state index contributed by atoms with van der Waals surface area (Å²) in [7, 11) is 1.42. The van der Waals surface area contributed by atoms with Crippen molar-refractivity contribution in [1.82, 2.24) is 5.32 Å². The van der Waals surface area contributed by atoms with Crippen molar-refractivity contribution in [3.8, 4) is 0 Å². The number of nitrogens with zero attached hydrogens (tertiary/aromatic N) is 3. The maximum absolute atomic E-state index is 12.2. The fourth-order valence-electron chi connectivity index (χ4n) is 6.76. The zero-order chi connectivity index (χ0) is 29.2. The van der Waals surface area contributed by atoms with Gasteiger partial charge in [-0.15, -0.1) is 0 Å². The summed E-state index contributed by atoms with van der Waals surface area (Å²) < 4.78 is 4.97. The molecule has 2 atom stereocenters. The highest BCUT2D eigenvalue weighted by atomic mass is 16.5. The number of fused-ring (bicyclic) bond motifs is 5. The van der Waals surface area contributed by atoms with Crippen LogP contribution in [0.25, 0.3) is 0 Å². The molecule has 0 amide bonds. The summed E-state index contributed by atoms with van der Waals surface area (Å²) in [6, 6.07) is 0. The van der Waals surface area contributed by atoms with E-state index in [9.17, 15) is 9.90 Å². The molecule has 0 unspecified atom stereocenters. The van der Waals surface area contributed by atoms with Crippen molar-refractivity contribution in [2.45, 2.75) is 60.3 Å². The normalized spacial score (nSPS) is 24.9. The van der Waals surface area contributed by atoms with Crippen LogP contribution in [0.4, 0.5) is 0 Å². The van der Waals surface area contributed by atoms with Crippen molar-refractivity contribution >= 4 is 23.1 Å². The smallest absolute Gasteiger partial charge is 0.305 e. The van der Waals surface area contributed by atoms with Crippen LogP contribution in [0.5, 0.6) is 0 Å². The molecule has 7 heteroatoms. The molecular formula is C34H36N4O3. The largest absolute Gasteiger partial charge is 0.511 e. The number of carbonyl (C=O) groups is 1. The quantitative estimate of drug-likeness (QED) is 0.370. The van der Waals surface area contributed by atoms with Gasteiger partial charge in [0.05, 0.1) is 41.3 Å². The van der Waals surface area contributed by atoms with Gasteiger partial charge in [-0.3, -0.25) is 4.79 Å². The van der Waals surface area contributed by atoms with Crippen LogP contribution in [0.15, 0.2) is 119 Å². The Bertz CT molecular complexity index is 1680. The van der Waals surface area contributed by atoms with E-state index >= 15 is 0 Å². The second-order valence-corrected chi connectivity index (χ2v) is 11.3. The topological polar surface area (TPSA) is 95.6 Å². The fraction of sp³-hybridized carbons (Fsp3) is 0.353. The Kier molecular flexibility index (Phi) is 6.56. The van der Waals surface area contributed by atoms with Crippen LogP contribution in [-0.4, -0.2) is 35.3 Å². The van der Waals surface area contributed by atoms with Crippen molar-refractivity contribution in [3.05, 3.63) is 104 Å². The van der Waals surface area contributed by atoms with E-state index in [1.54, 1.807) is 0 Å². The van der Waals surface area contributed by atoms with Gasteiger partial charge in [-0.05, 0) is 74.1 Å². The second-order valence-electron chi connectivity index (χ2n) is 11.3. The Morgan fingerprint density at radius 2 is 1.83 bits per heavy atom. The van der Waals surface area contributed by atoms with E-state index in [-0.39, 0.29) is 17.8 Å². The average Bonchev–Trinajstić information content (AvgIpc) is 3.70. The van der Waals surface area contributed by atoms with Gasteiger partial charge in [-0.2, -0.15) is 0 Å². The van der Waals surface area contributed by atoms with Gasteiger partial charge in [-0.25, -0.2) is 15.0 Å². The van der Waals surface area contributed by atoms with E-state index in [1.807, 2.05) is 19.1 Å². The maximum Gasteiger partial charge on any atom is 0.305 e. The minimum atomic E-state index is -0.231. The monoisotopic (exact) mass is 548 g/mol. The van der Waals surface area contributed by atoms with Gasteiger partial charge >= 0.3 is 5.97 Å². The predicted molar refractivity (Wildman–Crippen MR) is 163 cm³/mol. The Balaban J connectivity index is 1.60. The first-order valence-electron chi connectivity index (χ1n) is 14.3. The Morgan fingerprint density at radius 3 is 2.54 bits per heavy atom. The molecule has 0 radical (unpaired) electrons. The summed E-state index contributed by atoms with van der Waals surface area (Å²) in [5.41, 5.74) is 14.3. The highest BCUT2D eigenvalue weighted by molar-refractivity contribution is 6.21. The highest BCUT2D eigenvalue weighted by Gasteiger charge is 2.41. The summed E-state index contributed by atoms with van der Waals surface area (Å²) in [6.07, 6.45) is 10.3. The molecule has 1 saturated heterocycles. The van der Waals surface area contributed by atoms with Gasteiger partial charge in [0, 0.05) is 52.8 Å². The molecule has 6 rings (SSSR count). The molecular weight excluding hydrogens is 512 g/mol. The van der Waals surface area contributed by atoms with Crippen LogP contribution < -0.4 is 5.32 Å². The fourth-order valence-corrected chi connectivity index (χ4v) is 6.76. The van der Waals surface area contributed by atoms with Crippen molar-refractivity contribution < 1.29 is 14.6 Å². The number of hydrogen-bond donors (Lipinski definition) is 2. The van der Waals surface area contributed by atoms with Crippen LogP contribution >= 0.6 is 0 Å². The Hall–Kier alpha value is -4.26. The molecule has 2 N–H and O–H groups in total.